The van der Waals surface area contributed by atoms with Crippen LogP contribution < -0.4 is 16.2 Å². The molecule has 0 radical (unpaired) electrons. The van der Waals surface area contributed by atoms with Crippen LogP contribution in [0.15, 0.2) is 72.8 Å². The van der Waals surface area contributed by atoms with Gasteiger partial charge in [0.15, 0.2) is 0 Å². The van der Waals surface area contributed by atoms with Crippen molar-refractivity contribution in [3.8, 4) is 0 Å². The lowest BCUT2D eigenvalue weighted by Gasteiger charge is -2.12. The topological polar surface area (TPSA) is 66.1 Å². The van der Waals surface area contributed by atoms with E-state index in [0.717, 1.165) is 21.6 Å². The summed E-state index contributed by atoms with van der Waals surface area (Å²) in [6.07, 6.45) is 0. The number of thiazole rings is 1. The number of fused-ring (bicyclic) bond motifs is 1. The molecule has 4 rings (SSSR count). The van der Waals surface area contributed by atoms with Crippen LogP contribution >= 0.6 is 11.3 Å². The third kappa shape index (κ3) is 3.91. The van der Waals surface area contributed by atoms with E-state index in [2.05, 4.69) is 21.2 Å². The van der Waals surface area contributed by atoms with E-state index in [9.17, 15) is 4.79 Å². The van der Waals surface area contributed by atoms with E-state index in [1.54, 1.807) is 6.07 Å². The van der Waals surface area contributed by atoms with Gasteiger partial charge in [-0.15, -0.1) is 0 Å². The first-order valence-corrected chi connectivity index (χ1v) is 9.35. The fourth-order valence-electron chi connectivity index (χ4n) is 2.69. The minimum Gasteiger partial charge on any atom is -0.355 e. The Balaban J connectivity index is 1.49. The lowest BCUT2D eigenvalue weighted by molar-refractivity contribution is 0.0963. The van der Waals surface area contributed by atoms with E-state index in [1.807, 2.05) is 73.7 Å². The maximum absolute atomic E-state index is 12.7. The number of para-hydroxylation sites is 2. The molecule has 1 aromatic heterocycles. The van der Waals surface area contributed by atoms with Crippen molar-refractivity contribution in [2.45, 2.75) is 6.92 Å². The van der Waals surface area contributed by atoms with Crippen LogP contribution in [-0.4, -0.2) is 10.9 Å². The third-order valence-electron chi connectivity index (χ3n) is 4.08. The lowest BCUT2D eigenvalue weighted by atomic mass is 10.1. The highest BCUT2D eigenvalue weighted by Gasteiger charge is 2.12. The van der Waals surface area contributed by atoms with Crippen molar-refractivity contribution in [1.82, 2.24) is 10.4 Å². The molecule has 5 nitrogen and oxygen atoms in total. The standard InChI is InChI=1S/C21H18N4OS/c1-14-10-12-15(13-11-14)22-17-7-3-2-6-16(17)20(26)24-25-21-23-18-8-4-5-9-19(18)27-21/h2-13,22H,1H3,(H,23,25)(H,24,26). The number of hydrogen-bond acceptors (Lipinski definition) is 5. The van der Waals surface area contributed by atoms with Gasteiger partial charge in [-0.25, -0.2) is 4.98 Å². The van der Waals surface area contributed by atoms with Gasteiger partial charge in [0.2, 0.25) is 5.13 Å². The summed E-state index contributed by atoms with van der Waals surface area (Å²) in [6.45, 7) is 2.04. The molecular formula is C21H18N4OS. The molecule has 0 bridgehead atoms. The Morgan fingerprint density at radius 3 is 2.48 bits per heavy atom. The molecule has 0 spiro atoms. The maximum Gasteiger partial charge on any atom is 0.271 e. The molecule has 0 saturated heterocycles. The fourth-order valence-corrected chi connectivity index (χ4v) is 3.50. The number of nitrogens with one attached hydrogen (secondary N) is 3. The number of aryl methyl sites for hydroxylation is 1. The molecule has 0 fully saturated rings. The van der Waals surface area contributed by atoms with Crippen LogP contribution in [-0.2, 0) is 0 Å². The zero-order valence-corrected chi connectivity index (χ0v) is 15.5. The maximum atomic E-state index is 12.7. The largest absolute Gasteiger partial charge is 0.355 e. The number of carbonyl (C=O) groups is 1. The van der Waals surface area contributed by atoms with Gasteiger partial charge in [0.25, 0.3) is 5.91 Å². The van der Waals surface area contributed by atoms with Crippen LogP contribution in [0, 0.1) is 6.92 Å². The summed E-state index contributed by atoms with van der Waals surface area (Å²) in [4.78, 5) is 17.1. The van der Waals surface area contributed by atoms with Gasteiger partial charge in [-0.2, -0.15) is 0 Å². The SMILES string of the molecule is Cc1ccc(Nc2ccccc2C(=O)NNc2nc3ccccc3s2)cc1. The van der Waals surface area contributed by atoms with Gasteiger partial charge in [-0.1, -0.05) is 53.3 Å². The predicted molar refractivity (Wildman–Crippen MR) is 112 cm³/mol. The highest BCUT2D eigenvalue weighted by Crippen LogP contribution is 2.25. The number of benzene rings is 3. The summed E-state index contributed by atoms with van der Waals surface area (Å²) in [5, 5.41) is 3.95. The minimum atomic E-state index is -0.232. The second-order valence-corrected chi connectivity index (χ2v) is 7.13. The Labute approximate surface area is 161 Å². The Morgan fingerprint density at radius 2 is 1.67 bits per heavy atom. The molecule has 0 atom stereocenters. The number of hydrazine groups is 1. The minimum absolute atomic E-state index is 0.232. The van der Waals surface area contributed by atoms with Crippen LogP contribution in [0.3, 0.4) is 0 Å². The van der Waals surface area contributed by atoms with E-state index in [4.69, 9.17) is 0 Å². The normalized spacial score (nSPS) is 10.6. The smallest absolute Gasteiger partial charge is 0.271 e. The summed E-state index contributed by atoms with van der Waals surface area (Å²) in [5.41, 5.74) is 9.95. The van der Waals surface area contributed by atoms with E-state index < -0.39 is 0 Å². The first-order valence-electron chi connectivity index (χ1n) is 8.54. The zero-order valence-electron chi connectivity index (χ0n) is 14.7. The van der Waals surface area contributed by atoms with Gasteiger partial charge in [-0.3, -0.25) is 15.6 Å². The molecule has 3 aromatic carbocycles. The molecular weight excluding hydrogens is 356 g/mol. The predicted octanol–water partition coefficient (Wildman–Crippen LogP) is 5.11. The monoisotopic (exact) mass is 374 g/mol. The molecule has 0 aliphatic heterocycles. The van der Waals surface area contributed by atoms with Gasteiger partial charge in [0.05, 0.1) is 21.5 Å². The van der Waals surface area contributed by atoms with Crippen molar-refractivity contribution in [3.63, 3.8) is 0 Å². The zero-order chi connectivity index (χ0) is 18.6. The molecule has 3 N–H and O–H groups in total. The van der Waals surface area contributed by atoms with E-state index in [0.29, 0.717) is 10.7 Å². The molecule has 0 saturated carbocycles. The van der Waals surface area contributed by atoms with Gasteiger partial charge in [0, 0.05) is 5.69 Å². The average molecular weight is 374 g/mol. The van der Waals surface area contributed by atoms with Crippen molar-refractivity contribution < 1.29 is 4.79 Å². The Hall–Kier alpha value is -3.38. The molecule has 1 amide bonds. The first-order chi connectivity index (χ1) is 13.2. The second-order valence-electron chi connectivity index (χ2n) is 6.10. The fraction of sp³-hybridized carbons (Fsp3) is 0.0476. The summed E-state index contributed by atoms with van der Waals surface area (Å²) in [6, 6.07) is 23.3. The molecule has 134 valence electrons. The van der Waals surface area contributed by atoms with Crippen molar-refractivity contribution in [3.05, 3.63) is 83.9 Å². The number of rotatable bonds is 5. The van der Waals surface area contributed by atoms with Crippen LogP contribution in [0.1, 0.15) is 15.9 Å². The lowest BCUT2D eigenvalue weighted by Crippen LogP contribution is -2.29. The molecule has 0 aliphatic carbocycles. The Morgan fingerprint density at radius 1 is 0.926 bits per heavy atom. The highest BCUT2D eigenvalue weighted by molar-refractivity contribution is 7.22. The molecule has 0 aliphatic rings. The van der Waals surface area contributed by atoms with Crippen molar-refractivity contribution in [2.24, 2.45) is 0 Å². The summed E-state index contributed by atoms with van der Waals surface area (Å²) in [5.74, 6) is -0.232. The van der Waals surface area contributed by atoms with Gasteiger partial charge in [-0.05, 0) is 43.3 Å². The quantitative estimate of drug-likeness (QED) is 0.425. The van der Waals surface area contributed by atoms with Gasteiger partial charge < -0.3 is 5.32 Å². The second kappa shape index (κ2) is 7.47. The average Bonchev–Trinajstić information content (AvgIpc) is 3.11. The van der Waals surface area contributed by atoms with Crippen LogP contribution in [0.5, 0.6) is 0 Å². The third-order valence-corrected chi connectivity index (χ3v) is 5.03. The highest BCUT2D eigenvalue weighted by atomic mass is 32.1. The van der Waals surface area contributed by atoms with E-state index in [1.165, 1.54) is 16.9 Å². The van der Waals surface area contributed by atoms with Crippen molar-refractivity contribution in [1.29, 1.82) is 0 Å². The Kier molecular flexibility index (Phi) is 4.72. The number of anilines is 3. The number of nitrogens with zero attached hydrogens (tertiary/aromatic N) is 1. The number of hydrogen-bond donors (Lipinski definition) is 3. The van der Waals surface area contributed by atoms with Crippen LogP contribution in [0.4, 0.5) is 16.5 Å². The number of carbonyl (C=O) groups excluding carboxylic acids is 1. The van der Waals surface area contributed by atoms with Crippen LogP contribution in [0.25, 0.3) is 10.2 Å². The van der Waals surface area contributed by atoms with Crippen molar-refractivity contribution >= 4 is 44.0 Å². The molecule has 6 heteroatoms. The van der Waals surface area contributed by atoms with Crippen LogP contribution in [0.2, 0.25) is 0 Å². The van der Waals surface area contributed by atoms with E-state index >= 15 is 0 Å². The van der Waals surface area contributed by atoms with Gasteiger partial charge >= 0.3 is 0 Å². The Bertz CT molecular complexity index is 1060. The van der Waals surface area contributed by atoms with E-state index in [-0.39, 0.29) is 5.91 Å². The van der Waals surface area contributed by atoms with Gasteiger partial charge in [0.1, 0.15) is 0 Å². The summed E-state index contributed by atoms with van der Waals surface area (Å²) < 4.78 is 1.07. The molecule has 27 heavy (non-hydrogen) atoms. The number of aromatic nitrogens is 1. The summed E-state index contributed by atoms with van der Waals surface area (Å²) in [7, 11) is 0. The molecule has 4 aromatic rings. The molecule has 0 unspecified atom stereocenters. The van der Waals surface area contributed by atoms with Crippen molar-refractivity contribution in [2.75, 3.05) is 10.7 Å². The molecule has 1 heterocycles. The number of amides is 1. The summed E-state index contributed by atoms with van der Waals surface area (Å²) >= 11 is 1.49. The first kappa shape index (κ1) is 17.1.